The first-order chi connectivity index (χ1) is 14.6. The van der Waals surface area contributed by atoms with Gasteiger partial charge < -0.3 is 14.5 Å². The first-order valence-electron chi connectivity index (χ1n) is 9.59. The quantitative estimate of drug-likeness (QED) is 0.720. The van der Waals surface area contributed by atoms with Crippen molar-refractivity contribution in [2.75, 3.05) is 33.3 Å². The Morgan fingerprint density at radius 2 is 1.53 bits per heavy atom. The summed E-state index contributed by atoms with van der Waals surface area (Å²) in [7, 11) is 1.59. The molecule has 154 valence electrons. The van der Waals surface area contributed by atoms with E-state index >= 15 is 0 Å². The molecule has 1 N–H and O–H groups in total. The summed E-state index contributed by atoms with van der Waals surface area (Å²) < 4.78 is 19.1. The smallest absolute Gasteiger partial charge is 0.257 e. The summed E-state index contributed by atoms with van der Waals surface area (Å²) in [5, 5.41) is 6.93. The Hall–Kier alpha value is -3.68. The number of methoxy groups -OCH3 is 1. The van der Waals surface area contributed by atoms with Crippen LogP contribution in [0.1, 0.15) is 20.7 Å². The second-order valence-corrected chi connectivity index (χ2v) is 6.95. The summed E-state index contributed by atoms with van der Waals surface area (Å²) in [6.07, 6.45) is 1.51. The average molecular weight is 408 g/mol. The number of aromatic nitrogens is 2. The molecule has 0 saturated carbocycles. The van der Waals surface area contributed by atoms with Gasteiger partial charge in [0.1, 0.15) is 11.6 Å². The fraction of sp³-hybridized carbons (Fsp3) is 0.227. The lowest BCUT2D eigenvalue weighted by molar-refractivity contribution is 0.0533. The van der Waals surface area contributed by atoms with Crippen LogP contribution in [0.25, 0.3) is 11.3 Å². The molecule has 0 radical (unpaired) electrons. The highest BCUT2D eigenvalue weighted by Gasteiger charge is 2.28. The van der Waals surface area contributed by atoms with Crippen LogP contribution in [0.3, 0.4) is 0 Å². The topological polar surface area (TPSA) is 78.5 Å². The molecule has 0 aliphatic carbocycles. The average Bonchev–Trinajstić information content (AvgIpc) is 3.28. The highest BCUT2D eigenvalue weighted by Crippen LogP contribution is 2.25. The van der Waals surface area contributed by atoms with E-state index in [1.807, 2.05) is 24.3 Å². The number of carbonyl (C=O) groups excluding carboxylic acids is 2. The van der Waals surface area contributed by atoms with Gasteiger partial charge in [-0.2, -0.15) is 5.10 Å². The molecule has 0 atom stereocenters. The Labute approximate surface area is 173 Å². The summed E-state index contributed by atoms with van der Waals surface area (Å²) in [6, 6.07) is 13.3. The molecule has 1 saturated heterocycles. The number of hydrogen-bond donors (Lipinski definition) is 1. The number of H-pyrrole nitrogens is 1. The molecule has 0 bridgehead atoms. The Morgan fingerprint density at radius 1 is 0.933 bits per heavy atom. The number of hydrogen-bond acceptors (Lipinski definition) is 4. The fourth-order valence-corrected chi connectivity index (χ4v) is 3.51. The normalized spacial score (nSPS) is 13.9. The molecule has 8 heteroatoms. The van der Waals surface area contributed by atoms with Crippen molar-refractivity contribution >= 4 is 11.8 Å². The minimum atomic E-state index is -0.538. The second kappa shape index (κ2) is 8.36. The third-order valence-corrected chi connectivity index (χ3v) is 5.21. The van der Waals surface area contributed by atoms with Crippen LogP contribution in [-0.2, 0) is 0 Å². The molecule has 2 amide bonds. The lowest BCUT2D eigenvalue weighted by atomic mass is 10.1. The van der Waals surface area contributed by atoms with E-state index in [0.717, 1.165) is 11.3 Å². The predicted molar refractivity (Wildman–Crippen MR) is 109 cm³/mol. The number of rotatable bonds is 4. The van der Waals surface area contributed by atoms with Crippen molar-refractivity contribution in [1.29, 1.82) is 0 Å². The fourth-order valence-electron chi connectivity index (χ4n) is 3.51. The monoisotopic (exact) mass is 408 g/mol. The van der Waals surface area contributed by atoms with Crippen molar-refractivity contribution in [3.63, 3.8) is 0 Å². The summed E-state index contributed by atoms with van der Waals surface area (Å²) in [5.41, 5.74) is 1.97. The summed E-state index contributed by atoms with van der Waals surface area (Å²) >= 11 is 0. The van der Waals surface area contributed by atoms with E-state index in [1.165, 1.54) is 18.3 Å². The van der Waals surface area contributed by atoms with Crippen LogP contribution in [0.4, 0.5) is 4.39 Å². The van der Waals surface area contributed by atoms with E-state index in [4.69, 9.17) is 4.74 Å². The van der Waals surface area contributed by atoms with Crippen LogP contribution >= 0.6 is 0 Å². The minimum Gasteiger partial charge on any atom is -0.497 e. The molecule has 1 fully saturated rings. The molecule has 1 aromatic heterocycles. The van der Waals surface area contributed by atoms with Gasteiger partial charge in [0.25, 0.3) is 11.8 Å². The number of halogens is 1. The van der Waals surface area contributed by atoms with Crippen LogP contribution in [0.15, 0.2) is 54.7 Å². The maximum Gasteiger partial charge on any atom is 0.257 e. The summed E-state index contributed by atoms with van der Waals surface area (Å²) in [5.74, 6) is -0.333. The number of benzene rings is 2. The Balaban J connectivity index is 1.45. The van der Waals surface area contributed by atoms with E-state index in [9.17, 15) is 14.0 Å². The summed E-state index contributed by atoms with van der Waals surface area (Å²) in [6.45, 7) is 1.42. The van der Waals surface area contributed by atoms with Gasteiger partial charge in [-0.1, -0.05) is 12.1 Å². The van der Waals surface area contributed by atoms with Gasteiger partial charge in [-0.25, -0.2) is 4.39 Å². The van der Waals surface area contributed by atoms with Gasteiger partial charge >= 0.3 is 0 Å². The number of nitrogens with one attached hydrogen (secondary N) is 1. The Morgan fingerprint density at radius 3 is 2.13 bits per heavy atom. The van der Waals surface area contributed by atoms with Crippen molar-refractivity contribution in [2.24, 2.45) is 0 Å². The molecule has 30 heavy (non-hydrogen) atoms. The first kappa shape index (κ1) is 19.6. The highest BCUT2D eigenvalue weighted by atomic mass is 19.1. The third kappa shape index (κ3) is 3.76. The van der Waals surface area contributed by atoms with Crippen molar-refractivity contribution in [3.05, 3.63) is 71.7 Å². The maximum atomic E-state index is 13.9. The molecule has 2 aromatic carbocycles. The molecule has 0 unspecified atom stereocenters. The molecule has 2 heterocycles. The highest BCUT2D eigenvalue weighted by molar-refractivity contribution is 6.00. The molecule has 7 nitrogen and oxygen atoms in total. The Kier molecular flexibility index (Phi) is 5.47. The van der Waals surface area contributed by atoms with Gasteiger partial charge in [-0.3, -0.25) is 14.7 Å². The lowest BCUT2D eigenvalue weighted by Crippen LogP contribution is -2.50. The van der Waals surface area contributed by atoms with E-state index in [-0.39, 0.29) is 17.4 Å². The summed E-state index contributed by atoms with van der Waals surface area (Å²) in [4.78, 5) is 28.9. The van der Waals surface area contributed by atoms with Crippen LogP contribution < -0.4 is 4.74 Å². The van der Waals surface area contributed by atoms with Gasteiger partial charge in [0, 0.05) is 31.7 Å². The van der Waals surface area contributed by atoms with E-state index < -0.39 is 5.82 Å². The zero-order valence-corrected chi connectivity index (χ0v) is 16.5. The SMILES string of the molecule is COc1ccc(-c2[nH]ncc2C(=O)N2CCN(C(=O)c3ccccc3F)CC2)cc1. The first-order valence-corrected chi connectivity index (χ1v) is 9.59. The molecule has 1 aliphatic rings. The lowest BCUT2D eigenvalue weighted by Gasteiger charge is -2.34. The molecule has 3 aromatic rings. The van der Waals surface area contributed by atoms with Crippen molar-refractivity contribution in [1.82, 2.24) is 20.0 Å². The zero-order valence-electron chi connectivity index (χ0n) is 16.5. The predicted octanol–water partition coefficient (Wildman–Crippen LogP) is 2.82. The number of piperazine rings is 1. The molecule has 1 aliphatic heterocycles. The number of amides is 2. The number of aromatic amines is 1. The second-order valence-electron chi connectivity index (χ2n) is 6.95. The minimum absolute atomic E-state index is 0.0499. The number of ether oxygens (including phenoxy) is 1. The van der Waals surface area contributed by atoms with Gasteiger partial charge in [0.2, 0.25) is 0 Å². The standard InChI is InChI=1S/C22H21FN4O3/c1-30-16-8-6-15(7-9-16)20-18(14-24-25-20)22(29)27-12-10-26(11-13-27)21(28)17-4-2-3-5-19(17)23/h2-9,14H,10-13H2,1H3,(H,24,25). The number of nitrogens with zero attached hydrogens (tertiary/aromatic N) is 3. The van der Waals surface area contributed by atoms with Crippen molar-refractivity contribution in [2.45, 2.75) is 0 Å². The van der Waals surface area contributed by atoms with Gasteiger partial charge in [-0.15, -0.1) is 0 Å². The van der Waals surface area contributed by atoms with Crippen LogP contribution in [0.2, 0.25) is 0 Å². The maximum absolute atomic E-state index is 13.9. The molecule has 0 spiro atoms. The van der Waals surface area contributed by atoms with Crippen LogP contribution in [-0.4, -0.2) is 65.1 Å². The van der Waals surface area contributed by atoms with E-state index in [0.29, 0.717) is 37.4 Å². The molecule has 4 rings (SSSR count). The van der Waals surface area contributed by atoms with Crippen molar-refractivity contribution in [3.8, 4) is 17.0 Å². The van der Waals surface area contributed by atoms with Crippen LogP contribution in [0, 0.1) is 5.82 Å². The van der Waals surface area contributed by atoms with E-state index in [2.05, 4.69) is 10.2 Å². The third-order valence-electron chi connectivity index (χ3n) is 5.21. The number of carbonyl (C=O) groups is 2. The van der Waals surface area contributed by atoms with Gasteiger partial charge in [-0.05, 0) is 36.4 Å². The molecular weight excluding hydrogens is 387 g/mol. The Bertz CT molecular complexity index is 1060. The van der Waals surface area contributed by atoms with E-state index in [1.54, 1.807) is 29.0 Å². The van der Waals surface area contributed by atoms with Crippen LogP contribution in [0.5, 0.6) is 5.75 Å². The van der Waals surface area contributed by atoms with Gasteiger partial charge in [0.05, 0.1) is 30.1 Å². The zero-order chi connectivity index (χ0) is 21.1. The van der Waals surface area contributed by atoms with Crippen molar-refractivity contribution < 1.29 is 18.7 Å². The molecular formula is C22H21FN4O3. The largest absolute Gasteiger partial charge is 0.497 e. The van der Waals surface area contributed by atoms with Gasteiger partial charge in [0.15, 0.2) is 0 Å².